The van der Waals surface area contributed by atoms with E-state index in [1.165, 1.54) is 5.56 Å². The van der Waals surface area contributed by atoms with Crippen molar-refractivity contribution >= 4 is 5.91 Å². The zero-order valence-corrected chi connectivity index (χ0v) is 14.7. The molecule has 132 valence electrons. The van der Waals surface area contributed by atoms with Crippen molar-refractivity contribution in [3.8, 4) is 5.75 Å². The predicted molar refractivity (Wildman–Crippen MR) is 93.2 cm³/mol. The maximum atomic E-state index is 12.0. The Labute approximate surface area is 144 Å². The summed E-state index contributed by atoms with van der Waals surface area (Å²) in [5.74, 6) is 1.10. The van der Waals surface area contributed by atoms with Crippen molar-refractivity contribution in [2.45, 2.75) is 31.8 Å². The quantitative estimate of drug-likeness (QED) is 0.894. The normalized spacial score (nSPS) is 22.8. The lowest BCUT2D eigenvalue weighted by atomic mass is 9.76. The van der Waals surface area contributed by atoms with Crippen molar-refractivity contribution in [3.05, 3.63) is 29.8 Å². The fourth-order valence-corrected chi connectivity index (χ4v) is 3.89. The van der Waals surface area contributed by atoms with Crippen LogP contribution in [0.15, 0.2) is 24.3 Å². The van der Waals surface area contributed by atoms with Crippen molar-refractivity contribution < 1.29 is 14.3 Å². The summed E-state index contributed by atoms with van der Waals surface area (Å²) in [7, 11) is 3.50. The summed E-state index contributed by atoms with van der Waals surface area (Å²) >= 11 is 0. The molecular formula is C19H28N2O3. The van der Waals surface area contributed by atoms with Crippen LogP contribution in [0.25, 0.3) is 0 Å². The number of ether oxygens (including phenoxy) is 2. The Morgan fingerprint density at radius 3 is 2.67 bits per heavy atom. The molecule has 2 saturated heterocycles. The van der Waals surface area contributed by atoms with Crippen LogP contribution in [0.5, 0.6) is 5.75 Å². The highest BCUT2D eigenvalue weighted by molar-refractivity contribution is 5.78. The van der Waals surface area contributed by atoms with Gasteiger partial charge in [-0.2, -0.15) is 0 Å². The summed E-state index contributed by atoms with van der Waals surface area (Å²) in [5.41, 5.74) is 1.56. The van der Waals surface area contributed by atoms with Crippen LogP contribution in [0.3, 0.4) is 0 Å². The van der Waals surface area contributed by atoms with Crippen LogP contribution in [-0.4, -0.2) is 57.3 Å². The molecule has 0 bridgehead atoms. The summed E-state index contributed by atoms with van der Waals surface area (Å²) in [6.07, 6.45) is 4.46. The number of likely N-dealkylation sites (N-methyl/N-ethyl adjacent to an activating group) is 1. The zero-order valence-electron chi connectivity index (χ0n) is 14.7. The van der Waals surface area contributed by atoms with Gasteiger partial charge in [0, 0.05) is 13.1 Å². The standard InChI is InChI=1S/C19H28N2O3/c1-20-13-18(22)21-9-7-19(8-10-21)12-17(24-14-19)11-15-3-5-16(23-2)6-4-15/h3-6,17,20H,7-14H2,1-2H3/t17-/m0/s1. The molecule has 1 aromatic rings. The molecule has 5 nitrogen and oxygen atoms in total. The maximum absolute atomic E-state index is 12.0. The van der Waals surface area contributed by atoms with Crippen LogP contribution < -0.4 is 10.1 Å². The van der Waals surface area contributed by atoms with Gasteiger partial charge in [-0.1, -0.05) is 12.1 Å². The van der Waals surface area contributed by atoms with E-state index >= 15 is 0 Å². The molecule has 0 unspecified atom stereocenters. The van der Waals surface area contributed by atoms with Crippen LogP contribution in [0, 0.1) is 5.41 Å². The predicted octanol–water partition coefficient (Wildman–Crippen LogP) is 1.85. The third-order valence-electron chi connectivity index (χ3n) is 5.41. The highest BCUT2D eigenvalue weighted by Gasteiger charge is 2.42. The number of amides is 1. The van der Waals surface area contributed by atoms with Gasteiger partial charge in [0.25, 0.3) is 0 Å². The molecule has 1 amide bonds. The van der Waals surface area contributed by atoms with Crippen LogP contribution in [0.2, 0.25) is 0 Å². The average Bonchev–Trinajstić information content (AvgIpc) is 2.98. The maximum Gasteiger partial charge on any atom is 0.236 e. The number of carbonyl (C=O) groups excluding carboxylic acids is 1. The van der Waals surface area contributed by atoms with E-state index in [1.54, 1.807) is 7.11 Å². The summed E-state index contributed by atoms with van der Waals surface area (Å²) in [6.45, 7) is 2.99. The molecule has 2 fully saturated rings. The second-order valence-corrected chi connectivity index (χ2v) is 7.10. The van der Waals surface area contributed by atoms with Crippen molar-refractivity contribution in [3.63, 3.8) is 0 Å². The minimum absolute atomic E-state index is 0.209. The Morgan fingerprint density at radius 1 is 1.33 bits per heavy atom. The molecule has 0 saturated carbocycles. The van der Waals surface area contributed by atoms with Crippen LogP contribution in [0.4, 0.5) is 0 Å². The van der Waals surface area contributed by atoms with Gasteiger partial charge >= 0.3 is 0 Å². The highest BCUT2D eigenvalue weighted by Crippen LogP contribution is 2.42. The fraction of sp³-hybridized carbons (Fsp3) is 0.632. The lowest BCUT2D eigenvalue weighted by molar-refractivity contribution is -0.132. The summed E-state index contributed by atoms with van der Waals surface area (Å²) in [5, 5.41) is 2.94. The topological polar surface area (TPSA) is 50.8 Å². The van der Waals surface area contributed by atoms with Crippen molar-refractivity contribution in [2.75, 3.05) is 40.4 Å². The molecule has 1 N–H and O–H groups in total. The summed E-state index contributed by atoms with van der Waals surface area (Å²) in [6, 6.07) is 8.25. The SMILES string of the molecule is CNCC(=O)N1CCC2(CC1)CO[C@@H](Cc1ccc(OC)cc1)C2. The number of nitrogens with zero attached hydrogens (tertiary/aromatic N) is 1. The van der Waals surface area contributed by atoms with E-state index in [0.29, 0.717) is 6.54 Å². The summed E-state index contributed by atoms with van der Waals surface area (Å²) in [4.78, 5) is 14.0. The van der Waals surface area contributed by atoms with E-state index in [2.05, 4.69) is 17.4 Å². The van der Waals surface area contributed by atoms with Gasteiger partial charge in [-0.05, 0) is 55.8 Å². The summed E-state index contributed by atoms with van der Waals surface area (Å²) < 4.78 is 11.3. The number of carbonyl (C=O) groups is 1. The molecule has 2 heterocycles. The average molecular weight is 332 g/mol. The van der Waals surface area contributed by atoms with E-state index in [0.717, 1.165) is 51.1 Å². The van der Waals surface area contributed by atoms with Gasteiger partial charge in [0.1, 0.15) is 5.75 Å². The molecule has 2 aliphatic heterocycles. The number of piperidine rings is 1. The fourth-order valence-electron chi connectivity index (χ4n) is 3.89. The number of nitrogens with one attached hydrogen (secondary N) is 1. The molecule has 0 aliphatic carbocycles. The third-order valence-corrected chi connectivity index (χ3v) is 5.41. The third kappa shape index (κ3) is 3.90. The number of rotatable bonds is 5. The largest absolute Gasteiger partial charge is 0.497 e. The number of likely N-dealkylation sites (tertiary alicyclic amines) is 1. The monoisotopic (exact) mass is 332 g/mol. The van der Waals surface area contributed by atoms with E-state index in [1.807, 2.05) is 24.1 Å². The molecule has 1 atom stereocenters. The molecule has 24 heavy (non-hydrogen) atoms. The van der Waals surface area contributed by atoms with Gasteiger partial charge in [0.2, 0.25) is 5.91 Å². The molecular weight excluding hydrogens is 304 g/mol. The Morgan fingerprint density at radius 2 is 2.04 bits per heavy atom. The minimum Gasteiger partial charge on any atom is -0.497 e. The molecule has 0 aromatic heterocycles. The van der Waals surface area contributed by atoms with Gasteiger partial charge in [-0.3, -0.25) is 4.79 Å². The van der Waals surface area contributed by atoms with Gasteiger partial charge in [-0.25, -0.2) is 0 Å². The van der Waals surface area contributed by atoms with Crippen molar-refractivity contribution in [1.29, 1.82) is 0 Å². The van der Waals surface area contributed by atoms with Crippen LogP contribution in [-0.2, 0) is 16.0 Å². The minimum atomic E-state index is 0.209. The number of methoxy groups -OCH3 is 1. The Bertz CT molecular complexity index is 550. The zero-order chi connectivity index (χ0) is 17.0. The number of hydrogen-bond donors (Lipinski definition) is 1. The Kier molecular flexibility index (Phi) is 5.41. The molecule has 1 spiro atoms. The van der Waals surface area contributed by atoms with Crippen molar-refractivity contribution in [2.24, 2.45) is 5.41 Å². The number of benzene rings is 1. The van der Waals surface area contributed by atoms with E-state index < -0.39 is 0 Å². The van der Waals surface area contributed by atoms with Crippen LogP contribution in [0.1, 0.15) is 24.8 Å². The smallest absolute Gasteiger partial charge is 0.236 e. The lowest BCUT2D eigenvalue weighted by Gasteiger charge is -2.38. The first kappa shape index (κ1) is 17.2. The Balaban J connectivity index is 1.51. The first-order valence-electron chi connectivity index (χ1n) is 8.81. The molecule has 0 radical (unpaired) electrons. The van der Waals surface area contributed by atoms with Gasteiger partial charge in [-0.15, -0.1) is 0 Å². The van der Waals surface area contributed by atoms with Gasteiger partial charge in [0.15, 0.2) is 0 Å². The first-order chi connectivity index (χ1) is 11.6. The van der Waals surface area contributed by atoms with E-state index in [9.17, 15) is 4.79 Å². The molecule has 1 aromatic carbocycles. The molecule has 3 rings (SSSR count). The lowest BCUT2D eigenvalue weighted by Crippen LogP contribution is -2.46. The molecule has 5 heteroatoms. The van der Waals surface area contributed by atoms with E-state index in [-0.39, 0.29) is 17.4 Å². The second-order valence-electron chi connectivity index (χ2n) is 7.10. The number of hydrogen-bond acceptors (Lipinski definition) is 4. The Hall–Kier alpha value is -1.59. The highest BCUT2D eigenvalue weighted by atomic mass is 16.5. The molecule has 2 aliphatic rings. The van der Waals surface area contributed by atoms with Gasteiger partial charge in [0.05, 0.1) is 26.4 Å². The van der Waals surface area contributed by atoms with Gasteiger partial charge < -0.3 is 19.7 Å². The second kappa shape index (κ2) is 7.53. The van der Waals surface area contributed by atoms with E-state index in [4.69, 9.17) is 9.47 Å². The van der Waals surface area contributed by atoms with Crippen molar-refractivity contribution in [1.82, 2.24) is 10.2 Å². The van der Waals surface area contributed by atoms with Crippen LogP contribution >= 0.6 is 0 Å². The first-order valence-corrected chi connectivity index (χ1v) is 8.81.